The molecule has 1 aromatic carbocycles. The van der Waals surface area contributed by atoms with Crippen molar-refractivity contribution in [2.24, 2.45) is 5.41 Å². The number of hydrogen-bond donors (Lipinski definition) is 2. The molecule has 2 N–H and O–H groups in total. The van der Waals surface area contributed by atoms with Gasteiger partial charge < -0.3 is 14.5 Å². The SMILES string of the molecule is CSNc1ccc(C(=O)Nc2nc(C)cc(N3CCC(F)(F)CC3)n2)c(N2CCC3(CC2)CC3)c1. The van der Waals surface area contributed by atoms with E-state index >= 15 is 0 Å². The maximum atomic E-state index is 13.6. The number of piperidine rings is 2. The predicted molar refractivity (Wildman–Crippen MR) is 138 cm³/mol. The quantitative estimate of drug-likeness (QED) is 0.517. The monoisotopic (exact) mass is 502 g/mol. The normalized spacial score (nSPS) is 20.6. The zero-order valence-electron chi connectivity index (χ0n) is 20.2. The fourth-order valence-corrected chi connectivity index (χ4v) is 5.43. The Morgan fingerprint density at radius 2 is 1.66 bits per heavy atom. The summed E-state index contributed by atoms with van der Waals surface area (Å²) in [7, 11) is 0. The second-order valence-electron chi connectivity index (χ2n) is 10.0. The molecule has 2 aliphatic heterocycles. The Kier molecular flexibility index (Phi) is 6.50. The molecule has 3 fully saturated rings. The number of aryl methyl sites for hydroxylation is 1. The molecule has 0 atom stereocenters. The van der Waals surface area contributed by atoms with E-state index in [1.165, 1.54) is 24.8 Å². The van der Waals surface area contributed by atoms with Gasteiger partial charge in [-0.05, 0) is 56.2 Å². The Labute approximate surface area is 209 Å². The average molecular weight is 503 g/mol. The molecule has 1 spiro atoms. The van der Waals surface area contributed by atoms with Crippen molar-refractivity contribution in [3.8, 4) is 0 Å². The smallest absolute Gasteiger partial charge is 0.260 e. The van der Waals surface area contributed by atoms with Crippen molar-refractivity contribution in [2.45, 2.75) is 51.4 Å². The van der Waals surface area contributed by atoms with Crippen LogP contribution in [0.2, 0.25) is 0 Å². The summed E-state index contributed by atoms with van der Waals surface area (Å²) in [5.74, 6) is -2.15. The summed E-state index contributed by atoms with van der Waals surface area (Å²) >= 11 is 1.51. The standard InChI is InChI=1S/C25H32F2N6OS/c1-17-15-21(33-13-9-25(26,27)10-14-33)29-23(28-17)30-22(34)19-4-3-18(31-35-2)16-20(19)32-11-7-24(5-6-24)8-12-32/h3-4,15-16,31H,5-14H2,1-2H3,(H,28,29,30,34). The molecule has 188 valence electrons. The minimum Gasteiger partial charge on any atom is -0.371 e. The number of rotatable bonds is 6. The van der Waals surface area contributed by atoms with E-state index in [1.807, 2.05) is 36.3 Å². The van der Waals surface area contributed by atoms with Crippen LogP contribution in [0.15, 0.2) is 24.3 Å². The summed E-state index contributed by atoms with van der Waals surface area (Å²) in [6.45, 7) is 4.14. The van der Waals surface area contributed by atoms with E-state index in [1.54, 1.807) is 6.07 Å². The lowest BCUT2D eigenvalue weighted by molar-refractivity contribution is -0.0221. The van der Waals surface area contributed by atoms with Crippen LogP contribution >= 0.6 is 11.9 Å². The molecule has 2 saturated heterocycles. The predicted octanol–water partition coefficient (Wildman–Crippen LogP) is 5.34. The number of amides is 1. The Balaban J connectivity index is 1.36. The highest BCUT2D eigenvalue weighted by Gasteiger charge is 2.44. The molecule has 1 saturated carbocycles. The molecule has 1 amide bonds. The Bertz CT molecular complexity index is 1090. The van der Waals surface area contributed by atoms with Crippen molar-refractivity contribution >= 4 is 41.0 Å². The first kappa shape index (κ1) is 24.1. The van der Waals surface area contributed by atoms with E-state index in [4.69, 9.17) is 0 Å². The summed E-state index contributed by atoms with van der Waals surface area (Å²) < 4.78 is 30.5. The van der Waals surface area contributed by atoms with Gasteiger partial charge >= 0.3 is 0 Å². The maximum Gasteiger partial charge on any atom is 0.260 e. The van der Waals surface area contributed by atoms with Gasteiger partial charge in [0.25, 0.3) is 11.8 Å². The summed E-state index contributed by atoms with van der Waals surface area (Å²) in [6.07, 6.45) is 6.53. The molecule has 7 nitrogen and oxygen atoms in total. The molecular formula is C25H32F2N6OS. The molecule has 3 heterocycles. The third-order valence-electron chi connectivity index (χ3n) is 7.47. The Hall–Kier alpha value is -2.62. The van der Waals surface area contributed by atoms with Crippen LogP contribution in [-0.4, -0.2) is 54.2 Å². The lowest BCUT2D eigenvalue weighted by Gasteiger charge is -2.35. The van der Waals surface area contributed by atoms with Gasteiger partial charge in [0.2, 0.25) is 5.95 Å². The summed E-state index contributed by atoms with van der Waals surface area (Å²) in [4.78, 5) is 26.4. The van der Waals surface area contributed by atoms with Gasteiger partial charge in [-0.3, -0.25) is 10.1 Å². The van der Waals surface area contributed by atoms with Gasteiger partial charge in [0.1, 0.15) is 5.82 Å². The van der Waals surface area contributed by atoms with Gasteiger partial charge in [0, 0.05) is 62.7 Å². The van der Waals surface area contributed by atoms with E-state index in [9.17, 15) is 13.6 Å². The van der Waals surface area contributed by atoms with Crippen molar-refractivity contribution in [3.63, 3.8) is 0 Å². The van der Waals surface area contributed by atoms with Crippen LogP contribution < -0.4 is 19.8 Å². The number of nitrogens with zero attached hydrogens (tertiary/aromatic N) is 4. The molecule has 0 unspecified atom stereocenters. The van der Waals surface area contributed by atoms with Crippen molar-refractivity contribution in [1.82, 2.24) is 9.97 Å². The van der Waals surface area contributed by atoms with Crippen LogP contribution in [0.5, 0.6) is 0 Å². The molecule has 35 heavy (non-hydrogen) atoms. The number of benzene rings is 1. The molecule has 1 aromatic heterocycles. The third kappa shape index (κ3) is 5.47. The van der Waals surface area contributed by atoms with Crippen molar-refractivity contribution in [3.05, 3.63) is 35.5 Å². The number of carbonyl (C=O) groups excluding carboxylic acids is 1. The van der Waals surface area contributed by atoms with Crippen LogP contribution in [-0.2, 0) is 0 Å². The number of anilines is 4. The van der Waals surface area contributed by atoms with Crippen LogP contribution in [0.4, 0.5) is 31.9 Å². The first-order chi connectivity index (χ1) is 16.8. The first-order valence-corrected chi connectivity index (χ1v) is 13.5. The zero-order chi connectivity index (χ0) is 24.6. The number of aromatic nitrogens is 2. The van der Waals surface area contributed by atoms with Gasteiger partial charge in [-0.15, -0.1) is 0 Å². The highest BCUT2D eigenvalue weighted by molar-refractivity contribution is 7.99. The number of hydrogen-bond acceptors (Lipinski definition) is 7. The lowest BCUT2D eigenvalue weighted by Crippen LogP contribution is -2.40. The number of halogens is 2. The van der Waals surface area contributed by atoms with E-state index in [0.29, 0.717) is 22.5 Å². The van der Waals surface area contributed by atoms with Gasteiger partial charge in [-0.2, -0.15) is 4.98 Å². The Morgan fingerprint density at radius 3 is 2.31 bits per heavy atom. The second kappa shape index (κ2) is 9.44. The van der Waals surface area contributed by atoms with E-state index in [2.05, 4.69) is 24.9 Å². The van der Waals surface area contributed by atoms with Crippen molar-refractivity contribution in [2.75, 3.05) is 52.3 Å². The van der Waals surface area contributed by atoms with Crippen LogP contribution in [0.3, 0.4) is 0 Å². The fourth-order valence-electron chi connectivity index (χ4n) is 5.07. The molecule has 10 heteroatoms. The minimum absolute atomic E-state index is 0.190. The fraction of sp³-hybridized carbons (Fsp3) is 0.560. The van der Waals surface area contributed by atoms with Gasteiger partial charge in [-0.1, -0.05) is 11.9 Å². The van der Waals surface area contributed by atoms with Gasteiger partial charge in [-0.25, -0.2) is 13.8 Å². The summed E-state index contributed by atoms with van der Waals surface area (Å²) in [5.41, 5.74) is 3.65. The van der Waals surface area contributed by atoms with Crippen LogP contribution in [0, 0.1) is 12.3 Å². The maximum absolute atomic E-state index is 13.6. The first-order valence-electron chi connectivity index (χ1n) is 12.2. The van der Waals surface area contributed by atoms with E-state index < -0.39 is 5.92 Å². The minimum atomic E-state index is -2.63. The molecule has 1 aliphatic carbocycles. The number of nitrogens with one attached hydrogen (secondary N) is 2. The lowest BCUT2D eigenvalue weighted by atomic mass is 9.93. The van der Waals surface area contributed by atoms with Crippen LogP contribution in [0.25, 0.3) is 0 Å². The second-order valence-corrected chi connectivity index (χ2v) is 10.6. The van der Waals surface area contributed by atoms with E-state index in [0.717, 1.165) is 37.3 Å². The molecule has 0 radical (unpaired) electrons. The zero-order valence-corrected chi connectivity index (χ0v) is 21.1. The largest absolute Gasteiger partial charge is 0.371 e. The highest BCUT2D eigenvalue weighted by atomic mass is 32.2. The molecule has 0 bridgehead atoms. The average Bonchev–Trinajstić information content (AvgIpc) is 3.58. The highest BCUT2D eigenvalue weighted by Crippen LogP contribution is 2.54. The third-order valence-corrected chi connectivity index (χ3v) is 7.91. The topological polar surface area (TPSA) is 73.4 Å². The molecule has 5 rings (SSSR count). The van der Waals surface area contributed by atoms with Gasteiger partial charge in [0.15, 0.2) is 0 Å². The van der Waals surface area contributed by atoms with Crippen LogP contribution in [0.1, 0.15) is 54.6 Å². The number of carbonyl (C=O) groups is 1. The number of alkyl halides is 2. The van der Waals surface area contributed by atoms with Crippen molar-refractivity contribution in [1.29, 1.82) is 0 Å². The molecular weight excluding hydrogens is 470 g/mol. The van der Waals surface area contributed by atoms with E-state index in [-0.39, 0.29) is 37.8 Å². The van der Waals surface area contributed by atoms with Crippen molar-refractivity contribution < 1.29 is 13.6 Å². The van der Waals surface area contributed by atoms with Gasteiger partial charge in [0.05, 0.1) is 11.3 Å². The molecule has 3 aliphatic rings. The summed E-state index contributed by atoms with van der Waals surface area (Å²) in [5, 5.41) is 2.87. The molecule has 2 aromatic rings. The summed E-state index contributed by atoms with van der Waals surface area (Å²) in [6, 6.07) is 7.55. The Morgan fingerprint density at radius 1 is 0.971 bits per heavy atom.